The average Bonchev–Trinajstić information content (AvgIpc) is 1.72. The topological polar surface area (TPSA) is 52.5 Å². The maximum Gasteiger partial charge on any atom is 0.0673 e. The van der Waals surface area contributed by atoms with Gasteiger partial charge in [0.1, 0.15) is 0 Å². The molecule has 0 aliphatic carbocycles. The lowest BCUT2D eigenvalue weighted by Gasteiger charge is -1.89. The van der Waals surface area contributed by atoms with Gasteiger partial charge in [0.2, 0.25) is 0 Å². The molecule has 0 amide bonds. The first-order valence-electron chi connectivity index (χ1n) is 1.85. The van der Waals surface area contributed by atoms with E-state index in [4.69, 9.17) is 0 Å². The van der Waals surface area contributed by atoms with Crippen molar-refractivity contribution in [3.63, 3.8) is 0 Å². The van der Waals surface area contributed by atoms with Gasteiger partial charge in [-0.1, -0.05) is 0 Å². The lowest BCUT2D eigenvalue weighted by molar-refractivity contribution is 0.539. The summed E-state index contributed by atoms with van der Waals surface area (Å²) in [6.45, 7) is 7.54. The van der Waals surface area contributed by atoms with Crippen LogP contribution in [0.15, 0.2) is 17.6 Å². The zero-order valence-corrected chi connectivity index (χ0v) is 5.48. The maximum absolute atomic E-state index is 9.40. The van der Waals surface area contributed by atoms with Crippen molar-refractivity contribution in [2.24, 2.45) is 4.40 Å². The predicted molar refractivity (Wildman–Crippen MR) is 34.3 cm³/mol. The molecule has 1 atom stereocenters. The highest BCUT2D eigenvalue weighted by atomic mass is 32.2. The summed E-state index contributed by atoms with van der Waals surface area (Å²) in [7, 11) is 0. The minimum atomic E-state index is -2.25. The minimum absolute atomic E-state index is 1.21. The van der Waals surface area contributed by atoms with Gasteiger partial charge >= 0.3 is 0 Å². The molecule has 0 saturated heterocycles. The van der Waals surface area contributed by atoms with Gasteiger partial charge < -0.3 is 4.55 Å². The van der Waals surface area contributed by atoms with Gasteiger partial charge in [-0.15, -0.1) is 13.2 Å². The number of hydrogen-bond acceptors (Lipinski definition) is 2. The van der Waals surface area contributed by atoms with Crippen molar-refractivity contribution in [2.45, 2.75) is 6.92 Å². The molecule has 1 unspecified atom stereocenters. The highest BCUT2D eigenvalue weighted by Crippen LogP contribution is 1.67. The van der Waals surface area contributed by atoms with Crippen LogP contribution < -0.4 is 0 Å². The van der Waals surface area contributed by atoms with E-state index in [0.717, 1.165) is 0 Å². The Kier molecular flexibility index (Phi) is 12.8. The van der Waals surface area contributed by atoms with E-state index in [0.29, 0.717) is 0 Å². The summed E-state index contributed by atoms with van der Waals surface area (Å²) in [5.41, 5.74) is 0. The fourth-order valence-electron chi connectivity index (χ4n) is 0.0861. The molecule has 0 rings (SSSR count). The average molecular weight is 134 g/mol. The Balaban J connectivity index is 0. The largest absolute Gasteiger partial charge is 0.754 e. The molecule has 0 aromatic heterocycles. The molecule has 48 valence electrons. The van der Waals surface area contributed by atoms with Crippen LogP contribution in [-0.4, -0.2) is 15.0 Å². The van der Waals surface area contributed by atoms with E-state index < -0.39 is 11.3 Å². The van der Waals surface area contributed by atoms with Crippen LogP contribution >= 0.6 is 0 Å². The van der Waals surface area contributed by atoms with Gasteiger partial charge in [0.05, 0.1) is 11.3 Å². The molecular formula is C4H8NO2S-. The second-order valence-corrected chi connectivity index (χ2v) is 1.23. The molecule has 0 spiro atoms. The molecule has 8 heavy (non-hydrogen) atoms. The van der Waals surface area contributed by atoms with Crippen LogP contribution in [0, 0.1) is 0 Å². The third-order valence-corrected chi connectivity index (χ3v) is 0.574. The lowest BCUT2D eigenvalue weighted by atomic mass is 10.9. The van der Waals surface area contributed by atoms with E-state index in [1.165, 1.54) is 13.1 Å². The van der Waals surface area contributed by atoms with Crippen LogP contribution in [0.2, 0.25) is 0 Å². The number of rotatable bonds is 1. The van der Waals surface area contributed by atoms with Crippen molar-refractivity contribution in [1.82, 2.24) is 0 Å². The zero-order valence-electron chi connectivity index (χ0n) is 4.66. The van der Waals surface area contributed by atoms with Gasteiger partial charge in [0.25, 0.3) is 0 Å². The molecule has 0 aliphatic rings. The molecule has 4 heteroatoms. The van der Waals surface area contributed by atoms with E-state index in [-0.39, 0.29) is 0 Å². The van der Waals surface area contributed by atoms with Gasteiger partial charge in [-0.2, -0.15) is 0 Å². The number of nitrogens with zero attached hydrogens (tertiary/aromatic N) is 1. The lowest BCUT2D eigenvalue weighted by Crippen LogP contribution is -1.76. The van der Waals surface area contributed by atoms with E-state index in [2.05, 4.69) is 17.6 Å². The standard InChI is InChI=1S/C2H5NO2S.C2H4/c1-2-3-6(4)5;1-2/h2H,1H3,(H,4,5);1-2H2/p-1. The molecule has 0 N–H and O–H groups in total. The first-order chi connectivity index (χ1) is 3.77. The Morgan fingerprint density at radius 1 is 1.75 bits per heavy atom. The van der Waals surface area contributed by atoms with Crippen LogP contribution in [0.1, 0.15) is 6.92 Å². The van der Waals surface area contributed by atoms with E-state index >= 15 is 0 Å². The molecule has 3 nitrogen and oxygen atoms in total. The summed E-state index contributed by atoms with van der Waals surface area (Å²) >= 11 is -2.25. The Bertz CT molecular complexity index is 92.0. The van der Waals surface area contributed by atoms with Gasteiger partial charge in [-0.05, 0) is 6.92 Å². The van der Waals surface area contributed by atoms with Crippen molar-refractivity contribution in [1.29, 1.82) is 0 Å². The van der Waals surface area contributed by atoms with Gasteiger partial charge in [0.15, 0.2) is 0 Å². The number of hydrogen-bond donors (Lipinski definition) is 0. The van der Waals surface area contributed by atoms with Crippen molar-refractivity contribution >= 4 is 17.5 Å². The van der Waals surface area contributed by atoms with Crippen LogP contribution in [0.25, 0.3) is 0 Å². The summed E-state index contributed by atoms with van der Waals surface area (Å²) in [4.78, 5) is 0. The molecule has 0 fully saturated rings. The quantitative estimate of drug-likeness (QED) is 0.301. The zero-order chi connectivity index (χ0) is 6.99. The maximum atomic E-state index is 9.40. The van der Waals surface area contributed by atoms with Crippen LogP contribution in [0.3, 0.4) is 0 Å². The van der Waals surface area contributed by atoms with Crippen molar-refractivity contribution < 1.29 is 8.76 Å². The van der Waals surface area contributed by atoms with Gasteiger partial charge in [-0.25, -0.2) is 4.40 Å². The van der Waals surface area contributed by atoms with Crippen LogP contribution in [0.4, 0.5) is 0 Å². The molecule has 0 heterocycles. The normalized spacial score (nSPS) is 12.2. The first-order valence-corrected chi connectivity index (χ1v) is 2.88. The first kappa shape index (κ1) is 10.5. The van der Waals surface area contributed by atoms with Crippen LogP contribution in [-0.2, 0) is 11.3 Å². The summed E-state index contributed by atoms with van der Waals surface area (Å²) in [6, 6.07) is 0. The molecule has 0 bridgehead atoms. The molecule has 0 radical (unpaired) electrons. The predicted octanol–water partition coefficient (Wildman–Crippen LogP) is 0.673. The molecule has 0 aromatic rings. The monoisotopic (exact) mass is 134 g/mol. The van der Waals surface area contributed by atoms with E-state index in [9.17, 15) is 8.76 Å². The highest BCUT2D eigenvalue weighted by molar-refractivity contribution is 7.77. The Morgan fingerprint density at radius 2 is 2.12 bits per heavy atom. The van der Waals surface area contributed by atoms with Crippen molar-refractivity contribution in [2.75, 3.05) is 0 Å². The molecule has 0 saturated carbocycles. The summed E-state index contributed by atoms with van der Waals surface area (Å²) < 4.78 is 21.7. The fraction of sp³-hybridized carbons (Fsp3) is 0.250. The third-order valence-electron chi connectivity index (χ3n) is 0.191. The minimum Gasteiger partial charge on any atom is -0.754 e. The summed E-state index contributed by atoms with van der Waals surface area (Å²) in [6.07, 6.45) is 1.21. The highest BCUT2D eigenvalue weighted by Gasteiger charge is 1.57. The Morgan fingerprint density at radius 3 is 2.12 bits per heavy atom. The smallest absolute Gasteiger partial charge is 0.0673 e. The summed E-state index contributed by atoms with van der Waals surface area (Å²) in [5.74, 6) is 0. The Hall–Kier alpha value is -0.480. The fourth-order valence-corrected chi connectivity index (χ4v) is 0.258. The van der Waals surface area contributed by atoms with E-state index in [1.54, 1.807) is 0 Å². The summed E-state index contributed by atoms with van der Waals surface area (Å²) in [5, 5.41) is 0. The molecular weight excluding hydrogens is 126 g/mol. The van der Waals surface area contributed by atoms with E-state index in [1.807, 2.05) is 0 Å². The van der Waals surface area contributed by atoms with Gasteiger partial charge in [0, 0.05) is 6.21 Å². The van der Waals surface area contributed by atoms with Crippen molar-refractivity contribution in [3.05, 3.63) is 13.2 Å². The molecule has 0 aromatic carbocycles. The SMILES string of the molecule is C=C.CC=NS(=O)[O-]. The Labute approximate surface area is 51.6 Å². The second-order valence-electron chi connectivity index (χ2n) is 0.581. The van der Waals surface area contributed by atoms with Crippen molar-refractivity contribution in [3.8, 4) is 0 Å². The third kappa shape index (κ3) is 17.8. The van der Waals surface area contributed by atoms with Crippen LogP contribution in [0.5, 0.6) is 0 Å². The second kappa shape index (κ2) is 9.72. The van der Waals surface area contributed by atoms with Gasteiger partial charge in [-0.3, -0.25) is 4.21 Å². The molecule has 0 aliphatic heterocycles.